The molecule has 3 aromatic carbocycles. The SMILES string of the molecule is Cc1cc(C)c(C(c2ccc(Br)s2)c2ccc(C(c3ccc(C(c4ccc(Br)s4)c4c(C)cc(C)cc4C)s3)c3ccc(C(c4ccc(Br)s4)c4c(C)cc(C)cc4C)s3)s2)c(C)c1. The van der Waals surface area contributed by atoms with Crippen LogP contribution in [0, 0.1) is 62.3 Å². The third-order valence-electron chi connectivity index (χ3n) is 12.4. The van der Waals surface area contributed by atoms with E-state index in [-0.39, 0.29) is 23.7 Å². The largest absolute Gasteiger partial charge is 0.143 e. The van der Waals surface area contributed by atoms with Gasteiger partial charge in [-0.05, 0) is 233 Å². The highest BCUT2D eigenvalue weighted by Crippen LogP contribution is 2.51. The van der Waals surface area contributed by atoms with Gasteiger partial charge in [0.2, 0.25) is 0 Å². The summed E-state index contributed by atoms with van der Waals surface area (Å²) in [6.45, 7) is 20.4. The van der Waals surface area contributed by atoms with Gasteiger partial charge in [0.05, 0.1) is 35.0 Å². The monoisotopic (exact) mass is 1140 g/mol. The van der Waals surface area contributed by atoms with Gasteiger partial charge in [0.1, 0.15) is 0 Å². The van der Waals surface area contributed by atoms with E-state index in [0.29, 0.717) is 0 Å². The molecule has 326 valence electrons. The van der Waals surface area contributed by atoms with Gasteiger partial charge in [0.25, 0.3) is 0 Å². The fourth-order valence-electron chi connectivity index (χ4n) is 10.1. The molecule has 6 aromatic heterocycles. The van der Waals surface area contributed by atoms with E-state index in [4.69, 9.17) is 0 Å². The third-order valence-corrected chi connectivity index (χ3v) is 21.1. The standard InChI is InChI=1S/C55H49Br3S6/c1-28-22-31(4)49(32(5)23-28)53(43-16-19-46(56)62-43)40-13-10-37(59-40)52(38-11-14-41(60-38)54(44-17-20-47(57)63-44)50-33(6)24-29(2)25-34(50)7)39-12-15-42(61-39)55(45-18-21-48(58)64-45)51-35(8)26-30(3)27-36(51)9/h10-27,52-55H,1-9H3. The molecule has 9 aromatic rings. The van der Waals surface area contributed by atoms with Crippen LogP contribution in [0.3, 0.4) is 0 Å². The van der Waals surface area contributed by atoms with Gasteiger partial charge >= 0.3 is 0 Å². The van der Waals surface area contributed by atoms with Gasteiger partial charge in [-0.3, -0.25) is 0 Å². The highest BCUT2D eigenvalue weighted by atomic mass is 79.9. The summed E-state index contributed by atoms with van der Waals surface area (Å²) in [5.74, 6) is 0.534. The van der Waals surface area contributed by atoms with Crippen LogP contribution in [0.4, 0.5) is 0 Å². The summed E-state index contributed by atoms with van der Waals surface area (Å²) >= 11 is 23.0. The second kappa shape index (κ2) is 19.1. The van der Waals surface area contributed by atoms with Crippen LogP contribution in [0.15, 0.2) is 121 Å². The maximum absolute atomic E-state index is 3.83. The van der Waals surface area contributed by atoms with Gasteiger partial charge in [0.15, 0.2) is 0 Å². The fourth-order valence-corrected chi connectivity index (χ4v) is 19.1. The first-order valence-electron chi connectivity index (χ1n) is 21.4. The zero-order valence-corrected chi connectivity index (χ0v) is 46.9. The van der Waals surface area contributed by atoms with Gasteiger partial charge in [-0.2, -0.15) is 0 Å². The molecule has 0 nitrogen and oxygen atoms in total. The van der Waals surface area contributed by atoms with Gasteiger partial charge in [0, 0.05) is 43.9 Å². The molecule has 9 rings (SSSR count). The van der Waals surface area contributed by atoms with E-state index >= 15 is 0 Å². The van der Waals surface area contributed by atoms with Crippen molar-refractivity contribution in [2.24, 2.45) is 0 Å². The van der Waals surface area contributed by atoms with Crippen LogP contribution in [0.1, 0.15) is 134 Å². The number of aryl methyl sites for hydroxylation is 9. The van der Waals surface area contributed by atoms with E-state index in [1.165, 1.54) is 122 Å². The molecule has 0 saturated heterocycles. The number of hydrogen-bond donors (Lipinski definition) is 0. The van der Waals surface area contributed by atoms with Crippen LogP contribution in [0.2, 0.25) is 0 Å². The first-order valence-corrected chi connectivity index (χ1v) is 28.7. The van der Waals surface area contributed by atoms with Gasteiger partial charge in [-0.25, -0.2) is 0 Å². The van der Waals surface area contributed by atoms with Gasteiger partial charge in [-0.1, -0.05) is 53.1 Å². The molecule has 0 fully saturated rings. The molecular weight excluding hydrogens is 1090 g/mol. The van der Waals surface area contributed by atoms with E-state index < -0.39 is 0 Å². The Bertz CT molecular complexity index is 2740. The molecule has 0 aliphatic carbocycles. The molecular formula is C55H49Br3S6. The van der Waals surface area contributed by atoms with Crippen molar-refractivity contribution in [3.8, 4) is 0 Å². The topological polar surface area (TPSA) is 0 Å². The van der Waals surface area contributed by atoms with Crippen molar-refractivity contribution < 1.29 is 0 Å². The lowest BCUT2D eigenvalue weighted by Crippen LogP contribution is -2.05. The quantitative estimate of drug-likeness (QED) is 0.114. The minimum Gasteiger partial charge on any atom is -0.143 e. The number of benzene rings is 3. The molecule has 3 unspecified atom stereocenters. The average molecular weight is 1140 g/mol. The van der Waals surface area contributed by atoms with E-state index in [9.17, 15) is 0 Å². The maximum Gasteiger partial charge on any atom is 0.0701 e. The summed E-state index contributed by atoms with van der Waals surface area (Å²) in [6, 6.07) is 42.4. The Morgan fingerprint density at radius 1 is 0.266 bits per heavy atom. The molecule has 0 radical (unpaired) electrons. The Morgan fingerprint density at radius 2 is 0.453 bits per heavy atom. The summed E-state index contributed by atoms with van der Waals surface area (Å²) in [4.78, 5) is 12.4. The van der Waals surface area contributed by atoms with E-state index in [1.54, 1.807) is 0 Å². The van der Waals surface area contributed by atoms with Crippen LogP contribution < -0.4 is 0 Å². The first kappa shape index (κ1) is 46.4. The van der Waals surface area contributed by atoms with Crippen LogP contribution in [0.25, 0.3) is 0 Å². The van der Waals surface area contributed by atoms with Crippen molar-refractivity contribution in [1.82, 2.24) is 0 Å². The third kappa shape index (κ3) is 9.29. The summed E-state index contributed by atoms with van der Waals surface area (Å²) in [6.07, 6.45) is 0. The fraction of sp³-hybridized carbons (Fsp3) is 0.236. The molecule has 0 bridgehead atoms. The van der Waals surface area contributed by atoms with Crippen molar-refractivity contribution in [2.75, 3.05) is 0 Å². The molecule has 9 heteroatoms. The first-order chi connectivity index (χ1) is 30.6. The van der Waals surface area contributed by atoms with Crippen LogP contribution in [-0.4, -0.2) is 0 Å². The number of thiophene rings is 6. The summed E-state index contributed by atoms with van der Waals surface area (Å²) in [5.41, 5.74) is 16.3. The Kier molecular flexibility index (Phi) is 13.9. The maximum atomic E-state index is 3.83. The molecule has 0 aliphatic rings. The van der Waals surface area contributed by atoms with Crippen molar-refractivity contribution >= 4 is 116 Å². The minimum atomic E-state index is 0.0825. The Labute approximate surface area is 428 Å². The highest BCUT2D eigenvalue weighted by molar-refractivity contribution is 9.11. The molecule has 3 atom stereocenters. The molecule has 0 spiro atoms. The molecule has 6 heterocycles. The second-order valence-corrected chi connectivity index (χ2v) is 28.2. The van der Waals surface area contributed by atoms with E-state index in [1.807, 2.05) is 68.0 Å². The number of hydrogen-bond acceptors (Lipinski definition) is 6. The van der Waals surface area contributed by atoms with E-state index in [0.717, 1.165) is 0 Å². The lowest BCUT2D eigenvalue weighted by atomic mass is 9.87. The minimum absolute atomic E-state index is 0.0825. The molecule has 0 amide bonds. The normalized spacial score (nSPS) is 13.7. The Morgan fingerprint density at radius 3 is 0.656 bits per heavy atom. The average Bonchev–Trinajstić information content (AvgIpc) is 4.08. The number of halogens is 3. The predicted molar refractivity (Wildman–Crippen MR) is 295 cm³/mol. The van der Waals surface area contributed by atoms with Crippen molar-refractivity contribution in [1.29, 1.82) is 0 Å². The molecule has 64 heavy (non-hydrogen) atoms. The van der Waals surface area contributed by atoms with Crippen LogP contribution >= 0.6 is 116 Å². The summed E-state index contributed by atoms with van der Waals surface area (Å²) < 4.78 is 3.50. The van der Waals surface area contributed by atoms with E-state index in [2.05, 4.69) is 219 Å². The second-order valence-electron chi connectivity index (χ2n) is 17.3. The molecule has 0 N–H and O–H groups in total. The van der Waals surface area contributed by atoms with Gasteiger partial charge in [-0.15, -0.1) is 68.0 Å². The van der Waals surface area contributed by atoms with Crippen LogP contribution in [0.5, 0.6) is 0 Å². The van der Waals surface area contributed by atoms with Gasteiger partial charge < -0.3 is 0 Å². The Balaban J connectivity index is 1.23. The lowest BCUT2D eigenvalue weighted by Gasteiger charge is -2.22. The predicted octanol–water partition coefficient (Wildman–Crippen LogP) is 19.8. The summed E-state index contributed by atoms with van der Waals surface area (Å²) in [5, 5.41) is 0. The zero-order valence-electron chi connectivity index (χ0n) is 37.3. The summed E-state index contributed by atoms with van der Waals surface area (Å²) in [7, 11) is 0. The molecule has 0 aliphatic heterocycles. The zero-order chi connectivity index (χ0) is 45.1. The highest BCUT2D eigenvalue weighted by Gasteiger charge is 2.32. The van der Waals surface area contributed by atoms with Crippen LogP contribution in [-0.2, 0) is 0 Å². The smallest absolute Gasteiger partial charge is 0.0701 e. The van der Waals surface area contributed by atoms with Crippen molar-refractivity contribution in [3.63, 3.8) is 0 Å². The lowest BCUT2D eigenvalue weighted by molar-refractivity contribution is 0.992. The van der Waals surface area contributed by atoms with Crippen molar-refractivity contribution in [2.45, 2.75) is 86.0 Å². The number of rotatable bonds is 12. The molecule has 0 saturated carbocycles. The Hall–Kier alpha value is -2.70. The van der Waals surface area contributed by atoms with Crippen molar-refractivity contribution in [3.05, 3.63) is 231 Å².